The van der Waals surface area contributed by atoms with Gasteiger partial charge in [0, 0.05) is 30.8 Å². The fourth-order valence-electron chi connectivity index (χ4n) is 3.64. The molecule has 0 aliphatic carbocycles. The molecule has 23 heavy (non-hydrogen) atoms. The molecule has 2 fully saturated rings. The molecule has 2 saturated heterocycles. The van der Waals surface area contributed by atoms with Crippen molar-refractivity contribution in [3.05, 3.63) is 29.8 Å². The van der Waals surface area contributed by atoms with Crippen molar-refractivity contribution in [2.24, 2.45) is 0 Å². The van der Waals surface area contributed by atoms with E-state index < -0.39 is 5.60 Å². The number of hydrogen-bond donors (Lipinski definition) is 1. The van der Waals surface area contributed by atoms with Crippen LogP contribution in [-0.4, -0.2) is 46.6 Å². The van der Waals surface area contributed by atoms with Gasteiger partial charge >= 0.3 is 0 Å². The van der Waals surface area contributed by atoms with Crippen LogP contribution in [0.15, 0.2) is 24.3 Å². The Hall–Kier alpha value is -1.88. The van der Waals surface area contributed by atoms with E-state index in [0.29, 0.717) is 25.1 Å². The quantitative estimate of drug-likeness (QED) is 0.930. The van der Waals surface area contributed by atoms with E-state index in [4.69, 9.17) is 0 Å². The summed E-state index contributed by atoms with van der Waals surface area (Å²) >= 11 is 0. The molecule has 5 heteroatoms. The van der Waals surface area contributed by atoms with Gasteiger partial charge in [-0.25, -0.2) is 0 Å². The molecular formula is C18H24N2O3. The van der Waals surface area contributed by atoms with Crippen molar-refractivity contribution in [2.75, 3.05) is 18.0 Å². The van der Waals surface area contributed by atoms with E-state index in [2.05, 4.69) is 0 Å². The van der Waals surface area contributed by atoms with Crippen LogP contribution in [0.1, 0.15) is 49.9 Å². The van der Waals surface area contributed by atoms with Crippen LogP contribution in [0.3, 0.4) is 0 Å². The number of hydrogen-bond acceptors (Lipinski definition) is 3. The second kappa shape index (κ2) is 5.96. The third kappa shape index (κ3) is 3.11. The summed E-state index contributed by atoms with van der Waals surface area (Å²) in [6, 6.07) is 7.12. The highest BCUT2D eigenvalue weighted by Crippen LogP contribution is 2.29. The summed E-state index contributed by atoms with van der Waals surface area (Å²) in [5, 5.41) is 10.3. The van der Waals surface area contributed by atoms with Gasteiger partial charge in [0.1, 0.15) is 0 Å². The highest BCUT2D eigenvalue weighted by atomic mass is 16.3. The number of carbonyl (C=O) groups excluding carboxylic acids is 2. The molecule has 2 aliphatic heterocycles. The maximum atomic E-state index is 12.9. The summed E-state index contributed by atoms with van der Waals surface area (Å²) in [6.07, 6.45) is 3.17. The van der Waals surface area contributed by atoms with E-state index in [1.165, 1.54) is 0 Å². The fourth-order valence-corrected chi connectivity index (χ4v) is 3.64. The number of nitrogens with zero attached hydrogens (tertiary/aromatic N) is 2. The first-order chi connectivity index (χ1) is 10.9. The van der Waals surface area contributed by atoms with Gasteiger partial charge in [-0.3, -0.25) is 9.59 Å². The number of rotatable bonds is 3. The molecule has 1 N–H and O–H groups in total. The molecule has 3 rings (SSSR count). The van der Waals surface area contributed by atoms with Crippen molar-refractivity contribution in [3.8, 4) is 0 Å². The Kier molecular flexibility index (Phi) is 4.15. The zero-order chi connectivity index (χ0) is 16.6. The SMILES string of the molecule is CC(C)(O)C1CCCN1C(=O)c1cccc(N2CCCC2=O)c1. The smallest absolute Gasteiger partial charge is 0.254 e. The summed E-state index contributed by atoms with van der Waals surface area (Å²) in [6.45, 7) is 4.89. The topological polar surface area (TPSA) is 60.9 Å². The standard InChI is InChI=1S/C18H24N2O3/c1-18(2,23)15-8-4-11-20(15)17(22)13-6-3-7-14(12-13)19-10-5-9-16(19)21/h3,6-7,12,15,23H,4-5,8-11H2,1-2H3. The number of likely N-dealkylation sites (tertiary alicyclic amines) is 1. The lowest BCUT2D eigenvalue weighted by molar-refractivity contribution is -0.117. The molecule has 0 radical (unpaired) electrons. The molecule has 1 aromatic carbocycles. The fraction of sp³-hybridized carbons (Fsp3) is 0.556. The number of aliphatic hydroxyl groups is 1. The van der Waals surface area contributed by atoms with Crippen molar-refractivity contribution in [2.45, 2.75) is 51.2 Å². The van der Waals surface area contributed by atoms with Gasteiger partial charge in [-0.05, 0) is 51.3 Å². The predicted molar refractivity (Wildman–Crippen MR) is 88.4 cm³/mol. The van der Waals surface area contributed by atoms with Crippen molar-refractivity contribution in [1.82, 2.24) is 4.90 Å². The van der Waals surface area contributed by atoms with Crippen LogP contribution in [-0.2, 0) is 4.79 Å². The van der Waals surface area contributed by atoms with E-state index in [-0.39, 0.29) is 17.9 Å². The molecule has 1 unspecified atom stereocenters. The molecule has 0 saturated carbocycles. The molecule has 2 heterocycles. The Morgan fingerprint density at radius 3 is 2.70 bits per heavy atom. The van der Waals surface area contributed by atoms with Crippen LogP contribution < -0.4 is 4.90 Å². The molecule has 0 bridgehead atoms. The second-order valence-electron chi connectivity index (χ2n) is 7.01. The number of benzene rings is 1. The van der Waals surface area contributed by atoms with Crippen LogP contribution in [0.4, 0.5) is 5.69 Å². The summed E-state index contributed by atoms with van der Waals surface area (Å²) in [4.78, 5) is 28.3. The Morgan fingerprint density at radius 1 is 1.26 bits per heavy atom. The monoisotopic (exact) mass is 316 g/mol. The Morgan fingerprint density at radius 2 is 2.04 bits per heavy atom. The Labute approximate surface area is 136 Å². The first-order valence-corrected chi connectivity index (χ1v) is 8.32. The van der Waals surface area contributed by atoms with Crippen molar-refractivity contribution >= 4 is 17.5 Å². The van der Waals surface area contributed by atoms with E-state index in [1.54, 1.807) is 35.8 Å². The van der Waals surface area contributed by atoms with Crippen LogP contribution in [0.5, 0.6) is 0 Å². The van der Waals surface area contributed by atoms with E-state index in [0.717, 1.165) is 24.9 Å². The van der Waals surface area contributed by atoms with Crippen molar-refractivity contribution in [1.29, 1.82) is 0 Å². The summed E-state index contributed by atoms with van der Waals surface area (Å²) < 4.78 is 0. The summed E-state index contributed by atoms with van der Waals surface area (Å²) in [5.41, 5.74) is 0.463. The highest BCUT2D eigenvalue weighted by Gasteiger charge is 2.38. The molecule has 2 aliphatic rings. The van der Waals surface area contributed by atoms with Gasteiger partial charge < -0.3 is 14.9 Å². The van der Waals surface area contributed by atoms with E-state index >= 15 is 0 Å². The minimum Gasteiger partial charge on any atom is -0.388 e. The average molecular weight is 316 g/mol. The Balaban J connectivity index is 1.84. The minimum absolute atomic E-state index is 0.0666. The molecular weight excluding hydrogens is 292 g/mol. The molecule has 5 nitrogen and oxygen atoms in total. The van der Waals surface area contributed by atoms with E-state index in [1.807, 2.05) is 12.1 Å². The van der Waals surface area contributed by atoms with Gasteiger partial charge in [-0.1, -0.05) is 6.07 Å². The summed E-state index contributed by atoms with van der Waals surface area (Å²) in [7, 11) is 0. The zero-order valence-corrected chi connectivity index (χ0v) is 13.8. The number of carbonyl (C=O) groups is 2. The molecule has 2 amide bonds. The van der Waals surface area contributed by atoms with Crippen LogP contribution in [0.25, 0.3) is 0 Å². The minimum atomic E-state index is -0.908. The highest BCUT2D eigenvalue weighted by molar-refractivity contribution is 5.99. The maximum Gasteiger partial charge on any atom is 0.254 e. The van der Waals surface area contributed by atoms with E-state index in [9.17, 15) is 14.7 Å². The van der Waals surface area contributed by atoms with Gasteiger partial charge in [0.2, 0.25) is 5.91 Å². The van der Waals surface area contributed by atoms with Crippen molar-refractivity contribution < 1.29 is 14.7 Å². The molecule has 124 valence electrons. The predicted octanol–water partition coefficient (Wildman–Crippen LogP) is 2.19. The average Bonchev–Trinajstić information content (AvgIpc) is 3.14. The van der Waals surface area contributed by atoms with Crippen LogP contribution in [0, 0.1) is 0 Å². The van der Waals surface area contributed by atoms with Crippen LogP contribution in [0.2, 0.25) is 0 Å². The number of anilines is 1. The lowest BCUT2D eigenvalue weighted by atomic mass is 9.96. The third-order valence-corrected chi connectivity index (χ3v) is 4.81. The van der Waals surface area contributed by atoms with Gasteiger partial charge in [-0.2, -0.15) is 0 Å². The largest absolute Gasteiger partial charge is 0.388 e. The molecule has 1 aromatic rings. The van der Waals surface area contributed by atoms with Gasteiger partial charge in [0.25, 0.3) is 5.91 Å². The van der Waals surface area contributed by atoms with Gasteiger partial charge in [-0.15, -0.1) is 0 Å². The second-order valence-corrected chi connectivity index (χ2v) is 7.01. The molecule has 1 atom stereocenters. The molecule has 0 aromatic heterocycles. The third-order valence-electron chi connectivity index (χ3n) is 4.81. The molecule has 0 spiro atoms. The number of amides is 2. The van der Waals surface area contributed by atoms with Crippen LogP contribution >= 0.6 is 0 Å². The first kappa shape index (κ1) is 16.0. The summed E-state index contributed by atoms with van der Waals surface area (Å²) in [5.74, 6) is 0.0493. The van der Waals surface area contributed by atoms with Gasteiger partial charge in [0.15, 0.2) is 0 Å². The normalized spacial score (nSPS) is 22.0. The Bertz CT molecular complexity index is 621. The lowest BCUT2D eigenvalue weighted by Gasteiger charge is -2.34. The zero-order valence-electron chi connectivity index (χ0n) is 13.8. The lowest BCUT2D eigenvalue weighted by Crippen LogP contribution is -2.48. The van der Waals surface area contributed by atoms with Crippen molar-refractivity contribution in [3.63, 3.8) is 0 Å². The van der Waals surface area contributed by atoms with Gasteiger partial charge in [0.05, 0.1) is 11.6 Å². The first-order valence-electron chi connectivity index (χ1n) is 8.32. The maximum absolute atomic E-state index is 12.9.